The van der Waals surface area contributed by atoms with Crippen molar-refractivity contribution in [1.29, 1.82) is 0 Å². The summed E-state index contributed by atoms with van der Waals surface area (Å²) in [5.41, 5.74) is -1.97. The van der Waals surface area contributed by atoms with E-state index in [0.29, 0.717) is 5.69 Å². The number of hydrogen-bond donors (Lipinski definition) is 0. The lowest BCUT2D eigenvalue weighted by Gasteiger charge is -2.28. The predicted octanol–water partition coefficient (Wildman–Crippen LogP) is 6.34. The quantitative estimate of drug-likeness (QED) is 0.559. The molecule has 0 N–H and O–H groups in total. The van der Waals surface area contributed by atoms with Crippen LogP contribution in [0.1, 0.15) is 29.7 Å². The van der Waals surface area contributed by atoms with Crippen LogP contribution in [-0.4, -0.2) is 7.05 Å². The van der Waals surface area contributed by atoms with Gasteiger partial charge in [-0.3, -0.25) is 0 Å². The average molecular weight is 384 g/mol. The molecule has 0 saturated carbocycles. The molecule has 0 saturated heterocycles. The van der Waals surface area contributed by atoms with Gasteiger partial charge in [0, 0.05) is 12.7 Å². The van der Waals surface area contributed by atoms with E-state index in [0.717, 1.165) is 12.1 Å². The van der Waals surface area contributed by atoms with Crippen LogP contribution >= 0.6 is 12.4 Å². The molecule has 0 heterocycles. The molecule has 0 bridgehead atoms. The van der Waals surface area contributed by atoms with E-state index in [1.807, 2.05) is 0 Å². The van der Waals surface area contributed by atoms with Crippen molar-refractivity contribution in [1.82, 2.24) is 0 Å². The summed E-state index contributed by atoms with van der Waals surface area (Å²) in [4.78, 5) is 1.62. The molecule has 0 aliphatic heterocycles. The van der Waals surface area contributed by atoms with E-state index in [-0.39, 0.29) is 24.0 Å². The van der Waals surface area contributed by atoms with Gasteiger partial charge >= 0.3 is 12.4 Å². The fraction of sp³-hybridized carbons (Fsp3) is 0.294. The first-order valence-corrected chi connectivity index (χ1v) is 7.07. The van der Waals surface area contributed by atoms with Crippen LogP contribution in [0.25, 0.3) is 0 Å². The van der Waals surface area contributed by atoms with Gasteiger partial charge in [-0.25, -0.2) is 0 Å². The van der Waals surface area contributed by atoms with Crippen LogP contribution < -0.4 is 4.90 Å². The number of hydrogen-bond acceptors (Lipinski definition) is 1. The zero-order chi connectivity index (χ0) is 18.1. The molecule has 0 aliphatic rings. The summed E-state index contributed by atoms with van der Waals surface area (Å²) >= 11 is 0. The summed E-state index contributed by atoms with van der Waals surface area (Å²) < 4.78 is 77.7. The second kappa shape index (κ2) is 7.56. The van der Waals surface area contributed by atoms with Crippen LogP contribution in [0.5, 0.6) is 0 Å². The minimum atomic E-state index is -4.85. The van der Waals surface area contributed by atoms with Gasteiger partial charge in [-0.2, -0.15) is 26.3 Å². The van der Waals surface area contributed by atoms with Crippen molar-refractivity contribution in [3.8, 4) is 0 Å². The monoisotopic (exact) mass is 383 g/mol. The minimum Gasteiger partial charge on any atom is -0.368 e. The molecule has 0 radical (unpaired) electrons. The van der Waals surface area contributed by atoms with Crippen LogP contribution in [-0.2, 0) is 12.4 Å². The van der Waals surface area contributed by atoms with Crippen molar-refractivity contribution in [2.45, 2.75) is 25.3 Å². The van der Waals surface area contributed by atoms with Crippen molar-refractivity contribution in [2.75, 3.05) is 11.9 Å². The van der Waals surface area contributed by atoms with Crippen LogP contribution in [0.3, 0.4) is 0 Å². The lowest BCUT2D eigenvalue weighted by Crippen LogP contribution is -2.23. The second-order valence-corrected chi connectivity index (χ2v) is 5.46. The van der Waals surface area contributed by atoms with E-state index in [2.05, 4.69) is 0 Å². The highest BCUT2D eigenvalue weighted by atomic mass is 35.5. The smallest absolute Gasteiger partial charge is 0.368 e. The number of rotatable bonds is 3. The Kier molecular flexibility index (Phi) is 6.39. The van der Waals surface area contributed by atoms with E-state index in [1.54, 1.807) is 49.2 Å². The van der Waals surface area contributed by atoms with Crippen molar-refractivity contribution in [3.05, 3.63) is 65.2 Å². The van der Waals surface area contributed by atoms with Crippen molar-refractivity contribution < 1.29 is 26.3 Å². The molecule has 0 unspecified atom stereocenters. The minimum absolute atomic E-state index is 0. The lowest BCUT2D eigenvalue weighted by atomic mass is 9.99. The third kappa shape index (κ3) is 5.04. The van der Waals surface area contributed by atoms with Crippen LogP contribution in [0.15, 0.2) is 48.5 Å². The molecule has 0 aliphatic carbocycles. The topological polar surface area (TPSA) is 3.24 Å². The molecule has 0 fully saturated rings. The van der Waals surface area contributed by atoms with Crippen LogP contribution in [0.2, 0.25) is 0 Å². The Labute approximate surface area is 147 Å². The Hall–Kier alpha value is -1.89. The number of alkyl halides is 6. The van der Waals surface area contributed by atoms with Gasteiger partial charge < -0.3 is 4.90 Å². The van der Waals surface area contributed by atoms with E-state index >= 15 is 0 Å². The zero-order valence-electron chi connectivity index (χ0n) is 13.3. The Bertz CT molecular complexity index is 664. The molecule has 0 aromatic heterocycles. The fourth-order valence-electron chi connectivity index (χ4n) is 2.33. The molecule has 0 spiro atoms. The molecule has 138 valence electrons. The standard InChI is InChI=1S/C17H15F6N.ClH/c1-11(24(2)15-6-4-3-5-7-15)12-8-13(16(18,19)20)10-14(9-12)17(21,22)23;/h3-11H,1-2H3;1H/t11-;/m0./s1. The third-order valence-electron chi connectivity index (χ3n) is 3.84. The molecular formula is C17H16ClF6N. The summed E-state index contributed by atoms with van der Waals surface area (Å²) in [6.45, 7) is 1.56. The van der Waals surface area contributed by atoms with E-state index in [1.165, 1.54) is 0 Å². The maximum Gasteiger partial charge on any atom is 0.416 e. The third-order valence-corrected chi connectivity index (χ3v) is 3.84. The van der Waals surface area contributed by atoms with Gasteiger partial charge in [0.15, 0.2) is 0 Å². The molecular weight excluding hydrogens is 368 g/mol. The van der Waals surface area contributed by atoms with Gasteiger partial charge in [-0.05, 0) is 42.8 Å². The first-order chi connectivity index (χ1) is 11.0. The molecule has 8 heteroatoms. The molecule has 1 nitrogen and oxygen atoms in total. The SMILES string of the molecule is C[C@@H](c1cc(C(F)(F)F)cc(C(F)(F)F)c1)N(C)c1ccccc1.Cl. The largest absolute Gasteiger partial charge is 0.416 e. The van der Waals surface area contributed by atoms with Crippen molar-refractivity contribution in [2.24, 2.45) is 0 Å². The summed E-state index contributed by atoms with van der Waals surface area (Å²) in [6.07, 6.45) is -9.69. The summed E-state index contributed by atoms with van der Waals surface area (Å²) in [7, 11) is 1.62. The van der Waals surface area contributed by atoms with E-state index < -0.39 is 29.5 Å². The number of halogens is 7. The molecule has 2 aromatic carbocycles. The van der Waals surface area contributed by atoms with Gasteiger partial charge in [-0.1, -0.05) is 18.2 Å². The van der Waals surface area contributed by atoms with Gasteiger partial charge in [0.1, 0.15) is 0 Å². The molecule has 1 atom stereocenters. The van der Waals surface area contributed by atoms with Crippen molar-refractivity contribution >= 4 is 18.1 Å². The van der Waals surface area contributed by atoms with Gasteiger partial charge in [-0.15, -0.1) is 12.4 Å². The number of para-hydroxylation sites is 1. The van der Waals surface area contributed by atoms with Crippen molar-refractivity contribution in [3.63, 3.8) is 0 Å². The van der Waals surface area contributed by atoms with E-state index in [9.17, 15) is 26.3 Å². The number of anilines is 1. The fourth-order valence-corrected chi connectivity index (χ4v) is 2.33. The number of benzene rings is 2. The lowest BCUT2D eigenvalue weighted by molar-refractivity contribution is -0.143. The summed E-state index contributed by atoms with van der Waals surface area (Å²) in [6, 6.07) is 9.71. The number of nitrogens with zero attached hydrogens (tertiary/aromatic N) is 1. The van der Waals surface area contributed by atoms with Crippen LogP contribution in [0.4, 0.5) is 32.0 Å². The first kappa shape index (κ1) is 21.2. The Balaban J connectivity index is 0.00000312. The molecule has 0 amide bonds. The highest BCUT2D eigenvalue weighted by Gasteiger charge is 2.37. The molecule has 2 aromatic rings. The average Bonchev–Trinajstić information content (AvgIpc) is 2.52. The van der Waals surface area contributed by atoms with E-state index in [4.69, 9.17) is 0 Å². The molecule has 2 rings (SSSR count). The maximum atomic E-state index is 12.9. The predicted molar refractivity (Wildman–Crippen MR) is 87.0 cm³/mol. The zero-order valence-corrected chi connectivity index (χ0v) is 14.1. The second-order valence-electron chi connectivity index (χ2n) is 5.46. The Morgan fingerprint density at radius 3 is 1.64 bits per heavy atom. The maximum absolute atomic E-state index is 12.9. The summed E-state index contributed by atoms with van der Waals surface area (Å²) in [5.74, 6) is 0. The van der Waals surface area contributed by atoms with Crippen LogP contribution in [0, 0.1) is 0 Å². The molecule has 25 heavy (non-hydrogen) atoms. The normalized spacial score (nSPS) is 13.1. The first-order valence-electron chi connectivity index (χ1n) is 7.07. The Morgan fingerprint density at radius 2 is 1.24 bits per heavy atom. The highest BCUT2D eigenvalue weighted by molar-refractivity contribution is 5.85. The highest BCUT2D eigenvalue weighted by Crippen LogP contribution is 2.38. The summed E-state index contributed by atoms with van der Waals surface area (Å²) in [5, 5.41) is 0. The Morgan fingerprint density at radius 1 is 0.800 bits per heavy atom. The van der Waals surface area contributed by atoms with Gasteiger partial charge in [0.05, 0.1) is 17.2 Å². The van der Waals surface area contributed by atoms with Gasteiger partial charge in [0.2, 0.25) is 0 Å². The van der Waals surface area contributed by atoms with Gasteiger partial charge in [0.25, 0.3) is 0 Å².